The second kappa shape index (κ2) is 7.79. The number of hydrogen-bond acceptors (Lipinski definition) is 5. The molecule has 0 aromatic heterocycles. The van der Waals surface area contributed by atoms with Gasteiger partial charge in [-0.25, -0.2) is 13.2 Å². The van der Waals surface area contributed by atoms with Crippen molar-refractivity contribution in [2.75, 3.05) is 11.9 Å². The van der Waals surface area contributed by atoms with Gasteiger partial charge < -0.3 is 15.4 Å². The molecule has 0 aliphatic carbocycles. The van der Waals surface area contributed by atoms with Gasteiger partial charge in [-0.3, -0.25) is 4.79 Å². The number of benzene rings is 1. The van der Waals surface area contributed by atoms with E-state index in [0.29, 0.717) is 11.3 Å². The normalized spacial score (nSPS) is 12.3. The fourth-order valence-electron chi connectivity index (χ4n) is 1.67. The first-order valence-electron chi connectivity index (χ1n) is 6.76. The minimum atomic E-state index is -3.56. The number of carbonyl (C=O) groups is 2. The Balaban J connectivity index is 2.71. The summed E-state index contributed by atoms with van der Waals surface area (Å²) in [5.41, 5.74) is 1.15. The van der Waals surface area contributed by atoms with Crippen molar-refractivity contribution < 1.29 is 22.7 Å². The summed E-state index contributed by atoms with van der Waals surface area (Å²) in [5, 5.41) is 3.81. The molecule has 8 heteroatoms. The summed E-state index contributed by atoms with van der Waals surface area (Å²) >= 11 is 0. The number of sulfone groups is 1. The molecule has 0 saturated heterocycles. The molecule has 122 valence electrons. The average molecular weight is 328 g/mol. The van der Waals surface area contributed by atoms with E-state index >= 15 is 0 Å². The predicted octanol–water partition coefficient (Wildman–Crippen LogP) is 1.65. The predicted molar refractivity (Wildman–Crippen MR) is 83.0 cm³/mol. The van der Waals surface area contributed by atoms with Crippen molar-refractivity contribution in [1.29, 1.82) is 0 Å². The lowest BCUT2D eigenvalue weighted by Gasteiger charge is -2.14. The highest BCUT2D eigenvalue weighted by atomic mass is 32.2. The standard InChI is InChI=1S/C14H20N2O5S/c1-4-21-14(18)16-11(3)22(19,20)9-12-5-7-13(8-6-12)15-10(2)17/h5-8,11H,4,9H2,1-3H3,(H,15,17)(H,16,18). The van der Waals surface area contributed by atoms with Crippen LogP contribution in [0.3, 0.4) is 0 Å². The van der Waals surface area contributed by atoms with Crippen LogP contribution in [0.5, 0.6) is 0 Å². The summed E-state index contributed by atoms with van der Waals surface area (Å²) in [6.07, 6.45) is -0.764. The minimum Gasteiger partial charge on any atom is -0.450 e. The number of carbonyl (C=O) groups excluding carboxylic acids is 2. The molecule has 2 N–H and O–H groups in total. The van der Waals surface area contributed by atoms with Gasteiger partial charge >= 0.3 is 6.09 Å². The van der Waals surface area contributed by atoms with E-state index in [4.69, 9.17) is 0 Å². The van der Waals surface area contributed by atoms with Crippen LogP contribution in [0.4, 0.5) is 10.5 Å². The summed E-state index contributed by atoms with van der Waals surface area (Å²) in [7, 11) is -3.56. The molecule has 0 fully saturated rings. The summed E-state index contributed by atoms with van der Waals surface area (Å²) in [4.78, 5) is 22.2. The molecule has 0 aliphatic rings. The van der Waals surface area contributed by atoms with Gasteiger partial charge in [-0.2, -0.15) is 0 Å². The Kier molecular flexibility index (Phi) is 6.36. The topological polar surface area (TPSA) is 102 Å². The van der Waals surface area contributed by atoms with Crippen LogP contribution < -0.4 is 10.6 Å². The van der Waals surface area contributed by atoms with Crippen LogP contribution in [0.1, 0.15) is 26.3 Å². The SMILES string of the molecule is CCOC(=O)NC(C)S(=O)(=O)Cc1ccc(NC(C)=O)cc1. The summed E-state index contributed by atoms with van der Waals surface area (Å²) < 4.78 is 29.0. The number of anilines is 1. The van der Waals surface area contributed by atoms with Crippen molar-refractivity contribution in [3.63, 3.8) is 0 Å². The van der Waals surface area contributed by atoms with Crippen LogP contribution in [0.15, 0.2) is 24.3 Å². The van der Waals surface area contributed by atoms with Gasteiger partial charge in [0.15, 0.2) is 9.84 Å². The van der Waals surface area contributed by atoms with Gasteiger partial charge in [-0.05, 0) is 31.5 Å². The van der Waals surface area contributed by atoms with Gasteiger partial charge in [0.1, 0.15) is 5.37 Å². The fourth-order valence-corrected chi connectivity index (χ4v) is 2.86. The number of hydrogen-bond donors (Lipinski definition) is 2. The molecular formula is C14H20N2O5S. The number of nitrogens with one attached hydrogen (secondary N) is 2. The molecule has 1 atom stereocenters. The summed E-state index contributed by atoms with van der Waals surface area (Å²) in [6, 6.07) is 6.46. The third-order valence-electron chi connectivity index (χ3n) is 2.78. The van der Waals surface area contributed by atoms with Crippen LogP contribution in [-0.2, 0) is 25.1 Å². The lowest BCUT2D eigenvalue weighted by Crippen LogP contribution is -2.39. The van der Waals surface area contributed by atoms with Gasteiger partial charge in [0, 0.05) is 12.6 Å². The molecule has 0 aliphatic heterocycles. The van der Waals surface area contributed by atoms with Crippen LogP contribution in [0.2, 0.25) is 0 Å². The van der Waals surface area contributed by atoms with E-state index in [1.54, 1.807) is 31.2 Å². The maximum Gasteiger partial charge on any atom is 0.408 e. The third-order valence-corrected chi connectivity index (χ3v) is 4.71. The Morgan fingerprint density at radius 2 is 1.82 bits per heavy atom. The molecule has 22 heavy (non-hydrogen) atoms. The Hall–Kier alpha value is -2.09. The zero-order valence-corrected chi connectivity index (χ0v) is 13.6. The summed E-state index contributed by atoms with van der Waals surface area (Å²) in [5.74, 6) is -0.423. The van der Waals surface area contributed by atoms with Crippen molar-refractivity contribution in [1.82, 2.24) is 5.32 Å². The van der Waals surface area contributed by atoms with Crippen LogP contribution >= 0.6 is 0 Å². The Labute approximate surface area is 130 Å². The molecular weight excluding hydrogens is 308 g/mol. The van der Waals surface area contributed by atoms with Crippen molar-refractivity contribution in [3.8, 4) is 0 Å². The molecule has 0 spiro atoms. The zero-order chi connectivity index (χ0) is 16.8. The minimum absolute atomic E-state index is 0.170. The Morgan fingerprint density at radius 3 is 2.32 bits per heavy atom. The third kappa shape index (κ3) is 5.72. The highest BCUT2D eigenvalue weighted by Crippen LogP contribution is 2.14. The van der Waals surface area contributed by atoms with E-state index in [0.717, 1.165) is 0 Å². The monoisotopic (exact) mass is 328 g/mol. The van der Waals surface area contributed by atoms with E-state index in [1.165, 1.54) is 13.8 Å². The first-order chi connectivity index (χ1) is 10.2. The van der Waals surface area contributed by atoms with Crippen LogP contribution in [0.25, 0.3) is 0 Å². The maximum atomic E-state index is 12.2. The first-order valence-corrected chi connectivity index (χ1v) is 8.47. The van der Waals surface area contributed by atoms with Gasteiger partial charge in [0.05, 0.1) is 12.4 Å². The van der Waals surface area contributed by atoms with Crippen molar-refractivity contribution in [2.24, 2.45) is 0 Å². The van der Waals surface area contributed by atoms with E-state index in [-0.39, 0.29) is 18.3 Å². The van der Waals surface area contributed by atoms with E-state index < -0.39 is 21.3 Å². The van der Waals surface area contributed by atoms with E-state index in [9.17, 15) is 18.0 Å². The van der Waals surface area contributed by atoms with Gasteiger partial charge in [0.2, 0.25) is 5.91 Å². The second-order valence-electron chi connectivity index (χ2n) is 4.69. The number of amides is 2. The average Bonchev–Trinajstić information content (AvgIpc) is 2.40. The number of rotatable bonds is 6. The lowest BCUT2D eigenvalue weighted by atomic mass is 10.2. The molecule has 1 aromatic rings. The number of ether oxygens (including phenoxy) is 1. The molecule has 7 nitrogen and oxygen atoms in total. The molecule has 2 amide bonds. The largest absolute Gasteiger partial charge is 0.450 e. The van der Waals surface area contributed by atoms with Crippen molar-refractivity contribution in [2.45, 2.75) is 31.9 Å². The number of alkyl carbamates (subject to hydrolysis) is 1. The fraction of sp³-hybridized carbons (Fsp3) is 0.429. The molecule has 1 aromatic carbocycles. The van der Waals surface area contributed by atoms with E-state index in [2.05, 4.69) is 15.4 Å². The zero-order valence-electron chi connectivity index (χ0n) is 12.8. The second-order valence-corrected chi connectivity index (χ2v) is 7.01. The Bertz CT molecular complexity index is 625. The van der Waals surface area contributed by atoms with Gasteiger partial charge in [-0.1, -0.05) is 12.1 Å². The summed E-state index contributed by atoms with van der Waals surface area (Å²) in [6.45, 7) is 4.58. The maximum absolute atomic E-state index is 12.2. The van der Waals surface area contributed by atoms with Gasteiger partial charge in [0.25, 0.3) is 0 Å². The smallest absolute Gasteiger partial charge is 0.408 e. The molecule has 1 rings (SSSR count). The molecule has 0 saturated carbocycles. The molecule has 0 bridgehead atoms. The quantitative estimate of drug-likeness (QED) is 0.827. The van der Waals surface area contributed by atoms with Crippen molar-refractivity contribution >= 4 is 27.5 Å². The molecule has 0 radical (unpaired) electrons. The van der Waals surface area contributed by atoms with Crippen molar-refractivity contribution in [3.05, 3.63) is 29.8 Å². The highest BCUT2D eigenvalue weighted by molar-refractivity contribution is 7.91. The Morgan fingerprint density at radius 1 is 1.23 bits per heavy atom. The van der Waals surface area contributed by atoms with Gasteiger partial charge in [-0.15, -0.1) is 0 Å². The molecule has 0 heterocycles. The molecule has 1 unspecified atom stereocenters. The van der Waals surface area contributed by atoms with Crippen LogP contribution in [0, 0.1) is 0 Å². The lowest BCUT2D eigenvalue weighted by molar-refractivity contribution is -0.114. The van der Waals surface area contributed by atoms with E-state index in [1.807, 2.05) is 0 Å². The first kappa shape index (κ1) is 18.0. The van der Waals surface area contributed by atoms with Crippen LogP contribution in [-0.4, -0.2) is 32.4 Å². The highest BCUT2D eigenvalue weighted by Gasteiger charge is 2.23.